The Labute approximate surface area is 159 Å². The number of hydrogen-bond donors (Lipinski definition) is 2. The predicted octanol–water partition coefficient (Wildman–Crippen LogP) is 2.88. The molecule has 0 spiro atoms. The van der Waals surface area contributed by atoms with E-state index in [2.05, 4.69) is 10.6 Å². The molecule has 3 unspecified atom stereocenters. The molecule has 4 nitrogen and oxygen atoms in total. The molecule has 0 aromatic heterocycles. The lowest BCUT2D eigenvalue weighted by atomic mass is 9.97. The number of benzene rings is 1. The summed E-state index contributed by atoms with van der Waals surface area (Å²) in [6, 6.07) is 2.46. The molecule has 3 fully saturated rings. The van der Waals surface area contributed by atoms with Gasteiger partial charge in [0.25, 0.3) is 0 Å². The summed E-state index contributed by atoms with van der Waals surface area (Å²) in [5.74, 6) is -1.12. The Kier molecular flexibility index (Phi) is 4.97. The molecule has 1 aromatic carbocycles. The van der Waals surface area contributed by atoms with Crippen LogP contribution in [0.4, 0.5) is 27.6 Å². The van der Waals surface area contributed by atoms with Crippen molar-refractivity contribution in [2.45, 2.75) is 43.7 Å². The van der Waals surface area contributed by atoms with Crippen LogP contribution in [0.3, 0.4) is 0 Å². The van der Waals surface area contributed by atoms with Crippen molar-refractivity contribution < 1.29 is 26.7 Å². The number of anilines is 1. The van der Waals surface area contributed by atoms with Gasteiger partial charge in [-0.2, -0.15) is 13.2 Å². The highest BCUT2D eigenvalue weighted by atomic mass is 19.4. The molecule has 0 bridgehead atoms. The topological polar surface area (TPSA) is 44.4 Å². The number of amides is 1. The van der Waals surface area contributed by atoms with Gasteiger partial charge in [0.05, 0.1) is 11.6 Å². The lowest BCUT2D eigenvalue weighted by molar-refractivity contribution is -0.140. The Morgan fingerprint density at radius 3 is 2.68 bits per heavy atom. The quantitative estimate of drug-likeness (QED) is 0.763. The number of hydrogen-bond acceptors (Lipinski definition) is 3. The number of nitrogens with zero attached hydrogens (tertiary/aromatic N) is 1. The molecule has 3 aliphatic rings. The monoisotopic (exact) mass is 403 g/mol. The summed E-state index contributed by atoms with van der Waals surface area (Å²) in [4.78, 5) is 14.2. The second-order valence-electron chi connectivity index (χ2n) is 7.98. The molecule has 28 heavy (non-hydrogen) atoms. The van der Waals surface area contributed by atoms with Crippen molar-refractivity contribution in [2.24, 2.45) is 11.8 Å². The minimum atomic E-state index is -4.74. The molecular weight excluding hydrogens is 381 g/mol. The predicted molar refractivity (Wildman–Crippen MR) is 93.1 cm³/mol. The van der Waals surface area contributed by atoms with Crippen LogP contribution in [-0.4, -0.2) is 43.8 Å². The first-order valence-corrected chi connectivity index (χ1v) is 9.52. The summed E-state index contributed by atoms with van der Waals surface area (Å²) in [7, 11) is 0. The summed E-state index contributed by atoms with van der Waals surface area (Å²) < 4.78 is 65.8. The molecule has 2 N–H and O–H groups in total. The van der Waals surface area contributed by atoms with Gasteiger partial charge >= 0.3 is 6.18 Å². The van der Waals surface area contributed by atoms with Crippen LogP contribution in [-0.2, 0) is 11.0 Å². The summed E-state index contributed by atoms with van der Waals surface area (Å²) in [5.41, 5.74) is -0.925. The number of rotatable bonds is 3. The summed E-state index contributed by atoms with van der Waals surface area (Å²) in [6.07, 6.45) is -3.93. The first-order chi connectivity index (χ1) is 13.2. The maximum atomic E-state index is 13.5. The highest BCUT2D eigenvalue weighted by molar-refractivity contribution is 5.82. The van der Waals surface area contributed by atoms with E-state index in [1.54, 1.807) is 0 Å². The zero-order valence-electron chi connectivity index (χ0n) is 15.1. The Bertz CT molecular complexity index is 756. The van der Waals surface area contributed by atoms with E-state index < -0.39 is 29.8 Å². The van der Waals surface area contributed by atoms with E-state index in [9.17, 15) is 26.7 Å². The van der Waals surface area contributed by atoms with Crippen LogP contribution >= 0.6 is 0 Å². The molecule has 1 aliphatic carbocycles. The smallest absolute Gasteiger partial charge is 0.371 e. The average molecular weight is 403 g/mol. The van der Waals surface area contributed by atoms with Crippen molar-refractivity contribution in [3.05, 3.63) is 29.6 Å². The molecule has 2 saturated heterocycles. The van der Waals surface area contributed by atoms with Crippen LogP contribution in [0.15, 0.2) is 18.2 Å². The highest BCUT2D eigenvalue weighted by Crippen LogP contribution is 2.41. The first-order valence-electron chi connectivity index (χ1n) is 9.52. The Balaban J connectivity index is 1.43. The number of nitrogens with one attached hydrogen (secondary N) is 2. The Hall–Kier alpha value is -1.90. The third-order valence-corrected chi connectivity index (χ3v) is 6.20. The van der Waals surface area contributed by atoms with E-state index in [-0.39, 0.29) is 36.8 Å². The number of halogens is 5. The van der Waals surface area contributed by atoms with E-state index in [4.69, 9.17) is 0 Å². The maximum Gasteiger partial charge on any atom is 0.419 e. The fourth-order valence-electron chi connectivity index (χ4n) is 4.76. The SMILES string of the molecule is O=C(NC1CCC2CN(c3ccc(F)c(C(F)(F)F)c3)CC21)[C@@H]1C[C@@H](F)CN1. The largest absolute Gasteiger partial charge is 0.419 e. The van der Waals surface area contributed by atoms with Crippen LogP contribution in [0.5, 0.6) is 0 Å². The number of alkyl halides is 4. The maximum absolute atomic E-state index is 13.5. The molecule has 1 aromatic rings. The van der Waals surface area contributed by atoms with E-state index >= 15 is 0 Å². The van der Waals surface area contributed by atoms with Gasteiger partial charge in [-0.25, -0.2) is 8.78 Å². The van der Waals surface area contributed by atoms with Gasteiger partial charge in [-0.3, -0.25) is 4.79 Å². The third-order valence-electron chi connectivity index (χ3n) is 6.20. The van der Waals surface area contributed by atoms with Gasteiger partial charge in [-0.15, -0.1) is 0 Å². The van der Waals surface area contributed by atoms with Crippen LogP contribution in [0.25, 0.3) is 0 Å². The van der Waals surface area contributed by atoms with Gasteiger partial charge in [0, 0.05) is 43.7 Å². The van der Waals surface area contributed by atoms with Crippen molar-refractivity contribution in [1.29, 1.82) is 0 Å². The summed E-state index contributed by atoms with van der Waals surface area (Å²) in [5, 5.41) is 5.86. The molecule has 2 heterocycles. The van der Waals surface area contributed by atoms with Gasteiger partial charge in [0.1, 0.15) is 12.0 Å². The molecule has 2 aliphatic heterocycles. The van der Waals surface area contributed by atoms with Crippen molar-refractivity contribution in [3.8, 4) is 0 Å². The molecular formula is C19H22F5N3O. The molecule has 1 amide bonds. The van der Waals surface area contributed by atoms with E-state index in [1.807, 2.05) is 4.90 Å². The molecule has 1 saturated carbocycles. The number of fused-ring (bicyclic) bond motifs is 1. The number of carbonyl (C=O) groups is 1. The van der Waals surface area contributed by atoms with E-state index in [1.165, 1.54) is 6.07 Å². The van der Waals surface area contributed by atoms with Gasteiger partial charge in [-0.1, -0.05) is 0 Å². The minimum absolute atomic E-state index is 0.0782. The second-order valence-corrected chi connectivity index (χ2v) is 7.98. The zero-order chi connectivity index (χ0) is 20.1. The molecule has 9 heteroatoms. The third kappa shape index (κ3) is 3.68. The van der Waals surface area contributed by atoms with Crippen molar-refractivity contribution in [1.82, 2.24) is 10.6 Å². The zero-order valence-corrected chi connectivity index (χ0v) is 15.1. The average Bonchev–Trinajstić information content (AvgIpc) is 3.31. The summed E-state index contributed by atoms with van der Waals surface area (Å²) in [6.45, 7) is 1.26. The van der Waals surface area contributed by atoms with Crippen molar-refractivity contribution in [2.75, 3.05) is 24.5 Å². The lowest BCUT2D eigenvalue weighted by Gasteiger charge is -2.24. The lowest BCUT2D eigenvalue weighted by Crippen LogP contribution is -2.47. The normalized spacial score (nSPS) is 32.6. The Morgan fingerprint density at radius 2 is 2.00 bits per heavy atom. The molecule has 4 rings (SSSR count). The minimum Gasteiger partial charge on any atom is -0.371 e. The fraction of sp³-hybridized carbons (Fsp3) is 0.632. The molecule has 0 radical (unpaired) electrons. The van der Waals surface area contributed by atoms with Crippen molar-refractivity contribution >= 4 is 11.6 Å². The number of carbonyl (C=O) groups excluding carboxylic acids is 1. The van der Waals surface area contributed by atoms with Gasteiger partial charge in [-0.05, 0) is 37.0 Å². The second kappa shape index (κ2) is 7.17. The van der Waals surface area contributed by atoms with Crippen LogP contribution in [0, 0.1) is 17.7 Å². The highest BCUT2D eigenvalue weighted by Gasteiger charge is 2.44. The first kappa shape index (κ1) is 19.4. The van der Waals surface area contributed by atoms with E-state index in [0.717, 1.165) is 25.0 Å². The van der Waals surface area contributed by atoms with Crippen LogP contribution in [0.2, 0.25) is 0 Å². The van der Waals surface area contributed by atoms with Gasteiger partial charge in [0.2, 0.25) is 5.91 Å². The molecule has 5 atom stereocenters. The standard InChI is InChI=1S/C19H22F5N3O/c20-11-5-17(25-7-11)18(28)26-16-4-1-10-8-27(9-13(10)16)12-2-3-15(21)14(6-12)19(22,23)24/h2-3,6,10-11,13,16-17,25H,1,4-5,7-9H2,(H,26,28)/t10?,11-,13?,16?,17+/m1/s1. The Morgan fingerprint density at radius 1 is 1.21 bits per heavy atom. The van der Waals surface area contributed by atoms with E-state index in [0.29, 0.717) is 18.8 Å². The van der Waals surface area contributed by atoms with Crippen LogP contribution < -0.4 is 15.5 Å². The summed E-state index contributed by atoms with van der Waals surface area (Å²) >= 11 is 0. The fourth-order valence-corrected chi connectivity index (χ4v) is 4.76. The van der Waals surface area contributed by atoms with Crippen LogP contribution in [0.1, 0.15) is 24.8 Å². The molecule has 154 valence electrons. The van der Waals surface area contributed by atoms with Gasteiger partial charge < -0.3 is 15.5 Å². The van der Waals surface area contributed by atoms with Gasteiger partial charge in [0.15, 0.2) is 0 Å². The van der Waals surface area contributed by atoms with Crippen molar-refractivity contribution in [3.63, 3.8) is 0 Å².